The van der Waals surface area contributed by atoms with Crippen LogP contribution in [0.4, 0.5) is 5.69 Å². The van der Waals surface area contributed by atoms with Crippen LogP contribution in [0, 0.1) is 11.8 Å². The molecule has 0 saturated carbocycles. The van der Waals surface area contributed by atoms with E-state index < -0.39 is 35.9 Å². The van der Waals surface area contributed by atoms with Gasteiger partial charge in [-0.1, -0.05) is 23.8 Å². The van der Waals surface area contributed by atoms with Gasteiger partial charge in [-0.25, -0.2) is 0 Å². The molecular weight excluding hydrogens is 338 g/mol. The molecular formula is C16H16ClNO6. The maximum absolute atomic E-state index is 12.6. The molecule has 2 N–H and O–H groups in total. The number of carboxylic acid groups (broad SMARTS) is 1. The van der Waals surface area contributed by atoms with Gasteiger partial charge in [0.2, 0.25) is 5.91 Å². The summed E-state index contributed by atoms with van der Waals surface area (Å²) < 4.78 is 15.8. The fourth-order valence-corrected chi connectivity index (χ4v) is 3.33. The minimum absolute atomic E-state index is 0.299. The van der Waals surface area contributed by atoms with Crippen LogP contribution in [-0.2, 0) is 14.3 Å². The lowest BCUT2D eigenvalue weighted by Gasteiger charge is -2.22. The number of rotatable bonds is 5. The Hall–Kier alpha value is -2.25. The molecule has 1 aromatic rings. The Morgan fingerprint density at radius 3 is 2.33 bits per heavy atom. The van der Waals surface area contributed by atoms with Crippen LogP contribution >= 0.6 is 11.6 Å². The van der Waals surface area contributed by atoms with Gasteiger partial charge >= 0.3 is 5.97 Å². The Balaban J connectivity index is 1.86. The number of halogens is 1. The fraction of sp³-hybridized carbons (Fsp3) is 0.375. The van der Waals surface area contributed by atoms with Crippen LogP contribution in [0.1, 0.15) is 0 Å². The predicted octanol–water partition coefficient (Wildman–Crippen LogP) is 1.95. The average Bonchev–Trinajstić information content (AvgIpc) is 3.16. The van der Waals surface area contributed by atoms with Gasteiger partial charge in [-0.2, -0.15) is 0 Å². The number of fused-ring (bicyclic) bond motifs is 2. The highest BCUT2D eigenvalue weighted by Crippen LogP contribution is 2.41. The van der Waals surface area contributed by atoms with Crippen molar-refractivity contribution in [1.82, 2.24) is 0 Å². The molecule has 4 atom stereocenters. The molecule has 2 aliphatic heterocycles. The molecule has 128 valence electrons. The summed E-state index contributed by atoms with van der Waals surface area (Å²) in [6.45, 7) is 0. The molecule has 2 bridgehead atoms. The van der Waals surface area contributed by atoms with Crippen molar-refractivity contribution in [1.29, 1.82) is 0 Å². The standard InChI is InChI=1S/C16H16ClNO6/c1-22-11-6-12(23-2)8(5-7(11)17)18-15(19)13-9-3-4-10(24-9)14(13)16(20)21/h3-6,9-10,13-14H,1-2H3,(H,18,19)(H,20,21)/t9-,10-,13+,14-/m1/s1. The lowest BCUT2D eigenvalue weighted by molar-refractivity contribution is -0.145. The van der Waals surface area contributed by atoms with Crippen LogP contribution in [0.15, 0.2) is 24.3 Å². The summed E-state index contributed by atoms with van der Waals surface area (Å²) in [6.07, 6.45) is 2.27. The minimum atomic E-state index is -1.06. The first-order valence-corrected chi connectivity index (χ1v) is 7.63. The van der Waals surface area contributed by atoms with E-state index in [4.69, 9.17) is 25.8 Å². The first-order valence-electron chi connectivity index (χ1n) is 7.25. The van der Waals surface area contributed by atoms with Gasteiger partial charge in [-0.15, -0.1) is 0 Å². The highest BCUT2D eigenvalue weighted by atomic mass is 35.5. The molecule has 8 heteroatoms. The summed E-state index contributed by atoms with van der Waals surface area (Å²) in [7, 11) is 2.91. The smallest absolute Gasteiger partial charge is 0.310 e. The van der Waals surface area contributed by atoms with E-state index in [2.05, 4.69) is 5.32 Å². The van der Waals surface area contributed by atoms with Crippen molar-refractivity contribution in [3.05, 3.63) is 29.3 Å². The molecule has 1 amide bonds. The molecule has 0 aromatic heterocycles. The van der Waals surface area contributed by atoms with E-state index in [0.717, 1.165) is 0 Å². The summed E-state index contributed by atoms with van der Waals surface area (Å²) in [5.74, 6) is -2.49. The molecule has 0 unspecified atom stereocenters. The van der Waals surface area contributed by atoms with Gasteiger partial charge in [0.15, 0.2) is 0 Å². The molecule has 7 nitrogen and oxygen atoms in total. The lowest BCUT2D eigenvalue weighted by Crippen LogP contribution is -2.39. The van der Waals surface area contributed by atoms with E-state index >= 15 is 0 Å². The summed E-state index contributed by atoms with van der Waals surface area (Å²) in [5, 5.41) is 12.4. The molecule has 2 aliphatic rings. The van der Waals surface area contributed by atoms with Crippen molar-refractivity contribution in [2.24, 2.45) is 11.8 Å². The van der Waals surface area contributed by atoms with Crippen LogP contribution in [0.2, 0.25) is 5.02 Å². The Bertz CT molecular complexity index is 719. The van der Waals surface area contributed by atoms with Crippen LogP contribution < -0.4 is 14.8 Å². The molecule has 2 heterocycles. The van der Waals surface area contributed by atoms with Crippen LogP contribution in [0.25, 0.3) is 0 Å². The van der Waals surface area contributed by atoms with Gasteiger partial charge in [0, 0.05) is 6.07 Å². The number of hydrogen-bond acceptors (Lipinski definition) is 5. The number of amides is 1. The number of aliphatic carboxylic acids is 1. The number of ether oxygens (including phenoxy) is 3. The van der Waals surface area contributed by atoms with Crippen LogP contribution in [-0.4, -0.2) is 43.4 Å². The fourth-order valence-electron chi connectivity index (χ4n) is 3.09. The highest BCUT2D eigenvalue weighted by molar-refractivity contribution is 6.32. The first-order chi connectivity index (χ1) is 11.5. The van der Waals surface area contributed by atoms with E-state index in [0.29, 0.717) is 22.2 Å². The molecule has 3 rings (SSSR count). The number of methoxy groups -OCH3 is 2. The van der Waals surface area contributed by atoms with E-state index in [1.165, 1.54) is 20.3 Å². The largest absolute Gasteiger partial charge is 0.495 e. The van der Waals surface area contributed by atoms with Crippen molar-refractivity contribution < 1.29 is 28.9 Å². The number of anilines is 1. The number of carbonyl (C=O) groups is 2. The van der Waals surface area contributed by atoms with Gasteiger partial charge < -0.3 is 24.6 Å². The van der Waals surface area contributed by atoms with Gasteiger partial charge in [0.05, 0.1) is 43.1 Å². The second kappa shape index (κ2) is 6.33. The Morgan fingerprint density at radius 2 is 1.75 bits per heavy atom. The number of benzene rings is 1. The summed E-state index contributed by atoms with van der Waals surface area (Å²) in [4.78, 5) is 24.1. The highest BCUT2D eigenvalue weighted by Gasteiger charge is 2.53. The minimum Gasteiger partial charge on any atom is -0.495 e. The van der Waals surface area contributed by atoms with Crippen molar-refractivity contribution in [3.8, 4) is 11.5 Å². The Kier molecular flexibility index (Phi) is 4.38. The quantitative estimate of drug-likeness (QED) is 0.786. The maximum Gasteiger partial charge on any atom is 0.310 e. The number of hydrogen-bond donors (Lipinski definition) is 2. The molecule has 1 saturated heterocycles. The zero-order chi connectivity index (χ0) is 17.4. The normalized spacial score (nSPS) is 27.1. The zero-order valence-electron chi connectivity index (χ0n) is 13.0. The van der Waals surface area contributed by atoms with Crippen molar-refractivity contribution >= 4 is 29.2 Å². The summed E-state index contributed by atoms with van der Waals surface area (Å²) >= 11 is 6.08. The third-order valence-corrected chi connectivity index (χ3v) is 4.51. The molecule has 1 fully saturated rings. The van der Waals surface area contributed by atoms with Crippen molar-refractivity contribution in [2.75, 3.05) is 19.5 Å². The second-order valence-corrected chi connectivity index (χ2v) is 5.92. The van der Waals surface area contributed by atoms with Crippen LogP contribution in [0.3, 0.4) is 0 Å². The zero-order valence-corrected chi connectivity index (χ0v) is 13.7. The monoisotopic (exact) mass is 353 g/mol. The van der Waals surface area contributed by atoms with Gasteiger partial charge in [-0.3, -0.25) is 9.59 Å². The predicted molar refractivity (Wildman–Crippen MR) is 85.6 cm³/mol. The number of carboxylic acids is 1. The third-order valence-electron chi connectivity index (χ3n) is 4.22. The summed E-state index contributed by atoms with van der Waals surface area (Å²) in [5.41, 5.74) is 0.337. The molecule has 0 radical (unpaired) electrons. The Morgan fingerprint density at radius 1 is 1.12 bits per heavy atom. The molecule has 1 aromatic carbocycles. The van der Waals surface area contributed by atoms with Gasteiger partial charge in [-0.05, 0) is 6.07 Å². The lowest BCUT2D eigenvalue weighted by atomic mass is 9.82. The van der Waals surface area contributed by atoms with E-state index in [-0.39, 0.29) is 0 Å². The molecule has 24 heavy (non-hydrogen) atoms. The Labute approximate surface area is 143 Å². The topological polar surface area (TPSA) is 94.1 Å². The van der Waals surface area contributed by atoms with Crippen LogP contribution in [0.5, 0.6) is 11.5 Å². The van der Waals surface area contributed by atoms with E-state index in [1.54, 1.807) is 18.2 Å². The second-order valence-electron chi connectivity index (χ2n) is 5.52. The van der Waals surface area contributed by atoms with Gasteiger partial charge in [0.25, 0.3) is 0 Å². The average molecular weight is 354 g/mol. The first kappa shape index (κ1) is 16.6. The molecule has 0 aliphatic carbocycles. The van der Waals surface area contributed by atoms with E-state index in [9.17, 15) is 14.7 Å². The maximum atomic E-state index is 12.6. The number of carbonyl (C=O) groups excluding carboxylic acids is 1. The summed E-state index contributed by atoms with van der Waals surface area (Å²) in [6, 6.07) is 3.04. The molecule has 0 spiro atoms. The van der Waals surface area contributed by atoms with E-state index in [1.807, 2.05) is 0 Å². The third kappa shape index (κ3) is 2.70. The van der Waals surface area contributed by atoms with Crippen molar-refractivity contribution in [2.45, 2.75) is 12.2 Å². The number of nitrogens with one attached hydrogen (secondary N) is 1. The van der Waals surface area contributed by atoms with Gasteiger partial charge in [0.1, 0.15) is 17.4 Å². The SMILES string of the molecule is COc1cc(OC)c(NC(=O)[C@@H]2[C@H](C(=O)O)[C@H]3C=C[C@H]2O3)cc1Cl. The van der Waals surface area contributed by atoms with Crippen molar-refractivity contribution in [3.63, 3.8) is 0 Å².